The van der Waals surface area contributed by atoms with E-state index < -0.39 is 0 Å². The Balaban J connectivity index is 1.54. The van der Waals surface area contributed by atoms with Crippen LogP contribution in [-0.4, -0.2) is 31.6 Å². The number of rotatable bonds is 7. The van der Waals surface area contributed by atoms with E-state index in [9.17, 15) is 9.59 Å². The average molecular weight is 544 g/mol. The summed E-state index contributed by atoms with van der Waals surface area (Å²) < 4.78 is 13.2. The average Bonchev–Trinajstić information content (AvgIpc) is 3.19. The van der Waals surface area contributed by atoms with Crippen molar-refractivity contribution in [1.29, 1.82) is 0 Å². The lowest BCUT2D eigenvalue weighted by molar-refractivity contribution is -0.122. The van der Waals surface area contributed by atoms with Gasteiger partial charge in [-0.2, -0.15) is 4.98 Å². The van der Waals surface area contributed by atoms with Crippen molar-refractivity contribution in [2.24, 2.45) is 0 Å². The van der Waals surface area contributed by atoms with Gasteiger partial charge in [-0.15, -0.1) is 0 Å². The lowest BCUT2D eigenvalue weighted by Gasteiger charge is -2.14. The maximum Gasteiger partial charge on any atom is 0.269 e. The van der Waals surface area contributed by atoms with Gasteiger partial charge in [0.1, 0.15) is 27.0 Å². The summed E-state index contributed by atoms with van der Waals surface area (Å²) >= 11 is 6.67. The molecule has 0 aliphatic carbocycles. The summed E-state index contributed by atoms with van der Waals surface area (Å²) in [6, 6.07) is 18.7. The first kappa shape index (κ1) is 25.7. The number of thiocarbonyl (C=S) groups is 1. The van der Waals surface area contributed by atoms with Crippen LogP contribution in [-0.2, 0) is 17.8 Å². The fourth-order valence-electron chi connectivity index (χ4n) is 4.08. The Kier molecular flexibility index (Phi) is 7.31. The number of aryl methyl sites for hydroxylation is 2. The smallest absolute Gasteiger partial charge is 0.269 e. The van der Waals surface area contributed by atoms with Crippen molar-refractivity contribution in [3.05, 3.63) is 104 Å². The van der Waals surface area contributed by atoms with Crippen LogP contribution in [0.5, 0.6) is 17.4 Å². The van der Waals surface area contributed by atoms with Crippen LogP contribution in [0.1, 0.15) is 29.2 Å². The fraction of sp³-hybridized carbons (Fsp3) is 0.172. The van der Waals surface area contributed by atoms with Crippen LogP contribution in [0.15, 0.2) is 76.6 Å². The number of thioether (sulfide) groups is 1. The summed E-state index contributed by atoms with van der Waals surface area (Å²) in [4.78, 5) is 33.5. The lowest BCUT2D eigenvalue weighted by atomic mass is 10.2. The Labute approximate surface area is 229 Å². The third-order valence-electron chi connectivity index (χ3n) is 6.24. The molecule has 2 aromatic heterocycles. The molecular weight excluding hydrogens is 518 g/mol. The summed E-state index contributed by atoms with van der Waals surface area (Å²) in [5, 5.41) is 0. The van der Waals surface area contributed by atoms with Crippen molar-refractivity contribution < 1.29 is 14.3 Å². The molecule has 0 radical (unpaired) electrons. The molecule has 7 nitrogen and oxygen atoms in total. The monoisotopic (exact) mass is 543 g/mol. The molecule has 0 saturated carbocycles. The zero-order valence-electron chi connectivity index (χ0n) is 21.1. The standard InChI is InChI=1S/C29H25N3O4S2/c1-4-19-7-13-22(14-8-19)36-26-23(27(33)31-15-5-6-18(2)25(31)30-26)16-24-28(34)32(29(37)38-24)17-20-9-11-21(35-3)12-10-20/h5-16H,4,17H2,1-3H3/b24-16+. The first-order valence-corrected chi connectivity index (χ1v) is 13.3. The molecule has 38 heavy (non-hydrogen) atoms. The molecule has 1 aliphatic heterocycles. The Hall–Kier alpha value is -3.95. The zero-order chi connectivity index (χ0) is 26.8. The maximum absolute atomic E-state index is 13.6. The summed E-state index contributed by atoms with van der Waals surface area (Å²) in [6.45, 7) is 4.27. The number of carbonyl (C=O) groups is 1. The predicted octanol–water partition coefficient (Wildman–Crippen LogP) is 5.77. The molecule has 0 bridgehead atoms. The van der Waals surface area contributed by atoms with Gasteiger partial charge in [0.25, 0.3) is 11.5 Å². The normalized spacial score (nSPS) is 14.5. The quantitative estimate of drug-likeness (QED) is 0.217. The van der Waals surface area contributed by atoms with Gasteiger partial charge in [-0.1, -0.05) is 61.2 Å². The van der Waals surface area contributed by atoms with Gasteiger partial charge in [0, 0.05) is 6.20 Å². The van der Waals surface area contributed by atoms with Gasteiger partial charge >= 0.3 is 0 Å². The molecule has 0 unspecified atom stereocenters. The van der Waals surface area contributed by atoms with Crippen molar-refractivity contribution in [2.75, 3.05) is 7.11 Å². The van der Waals surface area contributed by atoms with Crippen LogP contribution in [0.4, 0.5) is 0 Å². The van der Waals surface area contributed by atoms with Crippen LogP contribution < -0.4 is 15.0 Å². The topological polar surface area (TPSA) is 73.1 Å². The van der Waals surface area contributed by atoms with Crippen LogP contribution >= 0.6 is 24.0 Å². The first-order chi connectivity index (χ1) is 18.4. The van der Waals surface area contributed by atoms with E-state index in [4.69, 9.17) is 21.7 Å². The minimum Gasteiger partial charge on any atom is -0.497 e. The number of fused-ring (bicyclic) bond motifs is 1. The van der Waals surface area contributed by atoms with Gasteiger partial charge < -0.3 is 9.47 Å². The molecular formula is C29H25N3O4S2. The molecule has 1 saturated heterocycles. The number of hydrogen-bond acceptors (Lipinski definition) is 7. The van der Waals surface area contributed by atoms with Gasteiger partial charge in [-0.25, -0.2) is 0 Å². The van der Waals surface area contributed by atoms with Gasteiger partial charge in [0.05, 0.1) is 18.6 Å². The molecule has 3 heterocycles. The van der Waals surface area contributed by atoms with Crippen molar-refractivity contribution in [2.45, 2.75) is 26.8 Å². The van der Waals surface area contributed by atoms with Crippen molar-refractivity contribution in [1.82, 2.24) is 14.3 Å². The number of ether oxygens (including phenoxy) is 2. The molecule has 0 N–H and O–H groups in total. The Morgan fingerprint density at radius 1 is 1.00 bits per heavy atom. The molecule has 4 aromatic rings. The number of amides is 1. The molecule has 192 valence electrons. The van der Waals surface area contributed by atoms with Crippen LogP contribution in [0.25, 0.3) is 11.7 Å². The van der Waals surface area contributed by atoms with E-state index in [1.54, 1.807) is 19.4 Å². The number of nitrogens with zero attached hydrogens (tertiary/aromatic N) is 3. The van der Waals surface area contributed by atoms with Gasteiger partial charge in [-0.05, 0) is 66.4 Å². The molecule has 9 heteroatoms. The second kappa shape index (κ2) is 10.8. The number of benzene rings is 2. The Morgan fingerprint density at radius 3 is 2.37 bits per heavy atom. The summed E-state index contributed by atoms with van der Waals surface area (Å²) in [5.74, 6) is 1.14. The highest BCUT2D eigenvalue weighted by Gasteiger charge is 2.33. The molecule has 1 amide bonds. The Morgan fingerprint density at radius 2 is 1.68 bits per heavy atom. The highest BCUT2D eigenvalue weighted by atomic mass is 32.2. The van der Waals surface area contributed by atoms with E-state index in [0.29, 0.717) is 27.2 Å². The molecule has 0 spiro atoms. The third kappa shape index (κ3) is 5.07. The zero-order valence-corrected chi connectivity index (χ0v) is 22.8. The second-order valence-corrected chi connectivity index (χ2v) is 10.4. The van der Waals surface area contributed by atoms with Crippen molar-refractivity contribution >= 4 is 45.9 Å². The highest BCUT2D eigenvalue weighted by Crippen LogP contribution is 2.35. The maximum atomic E-state index is 13.6. The number of carbonyl (C=O) groups excluding carboxylic acids is 1. The van der Waals surface area contributed by atoms with Crippen LogP contribution in [0.3, 0.4) is 0 Å². The van der Waals surface area contributed by atoms with E-state index in [0.717, 1.165) is 35.1 Å². The Bertz CT molecular complexity index is 1630. The van der Waals surface area contributed by atoms with E-state index in [1.807, 2.05) is 61.5 Å². The molecule has 1 aliphatic rings. The molecule has 0 atom stereocenters. The number of pyridine rings is 1. The number of hydrogen-bond donors (Lipinski definition) is 0. The summed E-state index contributed by atoms with van der Waals surface area (Å²) in [5.41, 5.74) is 3.23. The van der Waals surface area contributed by atoms with Gasteiger partial charge in [0.15, 0.2) is 0 Å². The SMILES string of the molecule is CCc1ccc(Oc2nc3c(C)cccn3c(=O)c2/C=C2/SC(=S)N(Cc3ccc(OC)cc3)C2=O)cc1. The summed E-state index contributed by atoms with van der Waals surface area (Å²) in [7, 11) is 1.60. The largest absolute Gasteiger partial charge is 0.497 e. The van der Waals surface area contributed by atoms with E-state index in [-0.39, 0.29) is 22.9 Å². The fourth-order valence-corrected chi connectivity index (χ4v) is 5.32. The second-order valence-electron chi connectivity index (χ2n) is 8.74. The van der Waals surface area contributed by atoms with Crippen molar-refractivity contribution in [3.8, 4) is 17.4 Å². The number of methoxy groups -OCH3 is 1. The highest BCUT2D eigenvalue weighted by molar-refractivity contribution is 8.26. The predicted molar refractivity (Wildman–Crippen MR) is 154 cm³/mol. The van der Waals surface area contributed by atoms with E-state index >= 15 is 0 Å². The van der Waals surface area contributed by atoms with Crippen molar-refractivity contribution in [3.63, 3.8) is 0 Å². The lowest BCUT2D eigenvalue weighted by Crippen LogP contribution is -2.27. The van der Waals surface area contributed by atoms with E-state index in [2.05, 4.69) is 11.9 Å². The first-order valence-electron chi connectivity index (χ1n) is 12.0. The molecule has 5 rings (SSSR count). The van der Waals surface area contributed by atoms with Crippen LogP contribution in [0.2, 0.25) is 0 Å². The minimum absolute atomic E-state index is 0.133. The van der Waals surface area contributed by atoms with Crippen LogP contribution in [0, 0.1) is 6.92 Å². The van der Waals surface area contributed by atoms with E-state index in [1.165, 1.54) is 20.9 Å². The van der Waals surface area contributed by atoms with Gasteiger partial charge in [-0.3, -0.25) is 18.9 Å². The molecule has 2 aromatic carbocycles. The molecule has 1 fully saturated rings. The van der Waals surface area contributed by atoms with Gasteiger partial charge in [0.2, 0.25) is 5.88 Å². The summed E-state index contributed by atoms with van der Waals surface area (Å²) in [6.07, 6.45) is 4.09. The minimum atomic E-state index is -0.334. The third-order valence-corrected chi connectivity index (χ3v) is 7.62. The number of aromatic nitrogens is 2.